The second kappa shape index (κ2) is 8.26. The predicted octanol–water partition coefficient (Wildman–Crippen LogP) is 4.50. The van der Waals surface area contributed by atoms with E-state index in [0.717, 1.165) is 4.88 Å². The highest BCUT2D eigenvalue weighted by Gasteiger charge is 2.20. The summed E-state index contributed by atoms with van der Waals surface area (Å²) in [6.45, 7) is 0.269. The Morgan fingerprint density at radius 3 is 2.52 bits per heavy atom. The van der Waals surface area contributed by atoms with E-state index in [1.807, 2.05) is 6.92 Å². The molecule has 5 nitrogen and oxygen atoms in total. The molecule has 0 radical (unpaired) electrons. The fourth-order valence-electron chi connectivity index (χ4n) is 1.83. The Balaban J connectivity index is 1.96. The number of amides is 1. The van der Waals surface area contributed by atoms with Gasteiger partial charge in [0.15, 0.2) is 6.10 Å². The molecule has 1 aromatic carbocycles. The number of benzene rings is 1. The van der Waals surface area contributed by atoms with Gasteiger partial charge in [-0.25, -0.2) is 4.79 Å². The minimum absolute atomic E-state index is 0.0863. The summed E-state index contributed by atoms with van der Waals surface area (Å²) in [7, 11) is 0. The first-order chi connectivity index (χ1) is 11.8. The lowest BCUT2D eigenvalue weighted by atomic mass is 10.2. The van der Waals surface area contributed by atoms with Gasteiger partial charge in [0.2, 0.25) is 0 Å². The molecule has 2 rings (SSSR count). The van der Waals surface area contributed by atoms with Crippen molar-refractivity contribution in [3.8, 4) is 5.75 Å². The van der Waals surface area contributed by atoms with Gasteiger partial charge in [0.25, 0.3) is 5.91 Å². The van der Waals surface area contributed by atoms with Crippen molar-refractivity contribution in [1.29, 1.82) is 0 Å². The van der Waals surface area contributed by atoms with Crippen LogP contribution in [0.25, 0.3) is 0 Å². The molecule has 1 atom stereocenters. The average Bonchev–Trinajstić information content (AvgIpc) is 2.96. The van der Waals surface area contributed by atoms with Crippen LogP contribution in [0, 0.1) is 6.92 Å². The lowest BCUT2D eigenvalue weighted by Gasteiger charge is -2.14. The first-order valence-corrected chi connectivity index (χ1v) is 8.28. The van der Waals surface area contributed by atoms with Crippen molar-refractivity contribution in [2.75, 3.05) is 5.32 Å². The van der Waals surface area contributed by atoms with E-state index >= 15 is 0 Å². The first kappa shape index (κ1) is 19.1. The van der Waals surface area contributed by atoms with Gasteiger partial charge in [0, 0.05) is 10.6 Å². The number of nitrogens with one attached hydrogen (secondary N) is 1. The number of hydrogen-bond donors (Lipinski definition) is 1. The minimum Gasteiger partial charge on any atom is -0.448 e. The summed E-state index contributed by atoms with van der Waals surface area (Å²) in [5.41, 5.74) is 0.256. The zero-order valence-electron chi connectivity index (χ0n) is 13.2. The maximum absolute atomic E-state index is 12.2. The van der Waals surface area contributed by atoms with Crippen LogP contribution in [0.5, 0.6) is 5.75 Å². The molecule has 25 heavy (non-hydrogen) atoms. The van der Waals surface area contributed by atoms with Crippen LogP contribution in [0.3, 0.4) is 0 Å². The van der Waals surface area contributed by atoms with Crippen LogP contribution in [-0.2, 0) is 9.53 Å². The van der Waals surface area contributed by atoms with E-state index in [-0.39, 0.29) is 16.5 Å². The lowest BCUT2D eigenvalue weighted by Crippen LogP contribution is -2.29. The van der Waals surface area contributed by atoms with Gasteiger partial charge in [-0.05, 0) is 44.2 Å². The van der Waals surface area contributed by atoms with E-state index in [1.165, 1.54) is 36.5 Å². The number of carbonyl (C=O) groups excluding carboxylic acids is 2. The van der Waals surface area contributed by atoms with Gasteiger partial charge < -0.3 is 14.8 Å². The van der Waals surface area contributed by atoms with Gasteiger partial charge in [-0.15, -0.1) is 11.3 Å². The zero-order valence-corrected chi connectivity index (χ0v) is 14.8. The number of esters is 1. The number of thiophene rings is 1. The quantitative estimate of drug-likeness (QED) is 0.739. The highest BCUT2D eigenvalue weighted by atomic mass is 35.5. The van der Waals surface area contributed by atoms with Gasteiger partial charge in [-0.3, -0.25) is 4.79 Å². The zero-order chi connectivity index (χ0) is 18.6. The maximum Gasteiger partial charge on any atom is 0.387 e. The molecule has 0 saturated carbocycles. The van der Waals surface area contributed by atoms with Crippen LogP contribution >= 0.6 is 22.9 Å². The Morgan fingerprint density at radius 1 is 1.24 bits per heavy atom. The van der Waals surface area contributed by atoms with Gasteiger partial charge in [-0.1, -0.05) is 11.6 Å². The Hall–Kier alpha value is -2.19. The fourth-order valence-corrected chi connectivity index (χ4v) is 2.81. The van der Waals surface area contributed by atoms with Crippen LogP contribution < -0.4 is 10.1 Å². The molecule has 0 aliphatic rings. The molecule has 0 aliphatic heterocycles. The average molecular weight is 390 g/mol. The predicted molar refractivity (Wildman–Crippen MR) is 90.6 cm³/mol. The highest BCUT2D eigenvalue weighted by molar-refractivity contribution is 7.13. The van der Waals surface area contributed by atoms with Gasteiger partial charge in [0.1, 0.15) is 10.6 Å². The van der Waals surface area contributed by atoms with E-state index in [4.69, 9.17) is 16.3 Å². The topological polar surface area (TPSA) is 64.6 Å². The number of anilines is 1. The van der Waals surface area contributed by atoms with Crippen molar-refractivity contribution in [1.82, 2.24) is 0 Å². The molecule has 0 spiro atoms. The van der Waals surface area contributed by atoms with Crippen LogP contribution in [0.1, 0.15) is 21.5 Å². The smallest absolute Gasteiger partial charge is 0.387 e. The number of halogens is 3. The number of carbonyl (C=O) groups is 2. The molecule has 0 fully saturated rings. The van der Waals surface area contributed by atoms with Gasteiger partial charge >= 0.3 is 12.6 Å². The van der Waals surface area contributed by atoms with Crippen molar-refractivity contribution in [2.24, 2.45) is 0 Å². The van der Waals surface area contributed by atoms with Crippen LogP contribution in [0.15, 0.2) is 30.3 Å². The van der Waals surface area contributed by atoms with Crippen molar-refractivity contribution in [2.45, 2.75) is 26.6 Å². The first-order valence-electron chi connectivity index (χ1n) is 7.09. The number of rotatable bonds is 6. The Labute approximate surface area is 151 Å². The molecule has 0 aliphatic carbocycles. The van der Waals surface area contributed by atoms with Crippen molar-refractivity contribution < 1.29 is 27.8 Å². The van der Waals surface area contributed by atoms with Crippen molar-refractivity contribution in [3.63, 3.8) is 0 Å². The van der Waals surface area contributed by atoms with Crippen molar-refractivity contribution in [3.05, 3.63) is 45.1 Å². The molecule has 2 aromatic rings. The summed E-state index contributed by atoms with van der Waals surface area (Å²) >= 11 is 7.07. The SMILES string of the molecule is Cc1ccc(C(=O)OC(C)C(=O)Nc2ccc(OC(F)F)c(Cl)c2)s1. The second-order valence-corrected chi connectivity index (χ2v) is 6.67. The third-order valence-electron chi connectivity index (χ3n) is 3.01. The molecule has 1 amide bonds. The van der Waals surface area contributed by atoms with E-state index in [2.05, 4.69) is 10.1 Å². The molecular formula is C16H14ClF2NO4S. The lowest BCUT2D eigenvalue weighted by molar-refractivity contribution is -0.123. The maximum atomic E-state index is 12.2. The van der Waals surface area contributed by atoms with Crippen molar-refractivity contribution >= 4 is 40.5 Å². The molecular weight excluding hydrogens is 376 g/mol. The third-order valence-corrected chi connectivity index (χ3v) is 4.29. The molecule has 134 valence electrons. The molecule has 1 aromatic heterocycles. The van der Waals surface area contributed by atoms with Gasteiger partial charge in [-0.2, -0.15) is 8.78 Å². The van der Waals surface area contributed by atoms with Gasteiger partial charge in [0.05, 0.1) is 5.02 Å². The largest absolute Gasteiger partial charge is 0.448 e. The summed E-state index contributed by atoms with van der Waals surface area (Å²) in [5.74, 6) is -1.39. The summed E-state index contributed by atoms with van der Waals surface area (Å²) in [6, 6.07) is 7.20. The fraction of sp³-hybridized carbons (Fsp3) is 0.250. The van der Waals surface area contributed by atoms with E-state index < -0.39 is 24.6 Å². The summed E-state index contributed by atoms with van der Waals surface area (Å²) < 4.78 is 33.7. The number of ether oxygens (including phenoxy) is 2. The summed E-state index contributed by atoms with van der Waals surface area (Å²) in [6.07, 6.45) is -1.05. The van der Waals surface area contributed by atoms with Crippen LogP contribution in [-0.4, -0.2) is 24.6 Å². The van der Waals surface area contributed by atoms with E-state index in [9.17, 15) is 18.4 Å². The molecule has 0 bridgehead atoms. The highest BCUT2D eigenvalue weighted by Crippen LogP contribution is 2.29. The molecule has 1 unspecified atom stereocenters. The van der Waals surface area contributed by atoms with E-state index in [1.54, 1.807) is 12.1 Å². The molecule has 0 saturated heterocycles. The third kappa shape index (κ3) is 5.40. The summed E-state index contributed by atoms with van der Waals surface area (Å²) in [4.78, 5) is 25.4. The molecule has 1 heterocycles. The Kier molecular flexibility index (Phi) is 6.33. The Morgan fingerprint density at radius 2 is 1.96 bits per heavy atom. The number of hydrogen-bond acceptors (Lipinski definition) is 5. The minimum atomic E-state index is -3.00. The second-order valence-electron chi connectivity index (χ2n) is 4.97. The van der Waals surface area contributed by atoms with Crippen LogP contribution in [0.4, 0.5) is 14.5 Å². The standard InChI is InChI=1S/C16H14ClF2NO4S/c1-8-3-6-13(25-8)15(22)23-9(2)14(21)20-10-4-5-12(11(17)7-10)24-16(18)19/h3-7,9,16H,1-2H3,(H,20,21). The number of alkyl halides is 2. The Bertz CT molecular complexity index is 781. The summed E-state index contributed by atoms with van der Waals surface area (Å²) in [5, 5.41) is 2.40. The van der Waals surface area contributed by atoms with E-state index in [0.29, 0.717) is 4.88 Å². The number of aryl methyl sites for hydroxylation is 1. The van der Waals surface area contributed by atoms with Crippen LogP contribution in [0.2, 0.25) is 5.02 Å². The normalized spacial score (nSPS) is 11.9. The molecule has 1 N–H and O–H groups in total. The molecule has 9 heteroatoms. The monoisotopic (exact) mass is 389 g/mol.